The number of likely N-dealkylation sites (N-methyl/N-ethyl adjacent to an activating group) is 1. The second-order valence-corrected chi connectivity index (χ2v) is 6.37. The molecule has 0 saturated heterocycles. The SMILES string of the molecule is CSc1c(N)nsc1NCCN(C)C1CCCC1. The lowest BCUT2D eigenvalue weighted by Gasteiger charge is -2.24. The zero-order valence-corrected chi connectivity index (χ0v) is 12.7. The summed E-state index contributed by atoms with van der Waals surface area (Å²) in [5, 5.41) is 4.56. The predicted molar refractivity (Wildman–Crippen MR) is 81.7 cm³/mol. The number of nitrogen functional groups attached to an aromatic ring is 1. The molecule has 1 aromatic heterocycles. The van der Waals surface area contributed by atoms with Crippen molar-refractivity contribution in [3.63, 3.8) is 0 Å². The fraction of sp³-hybridized carbons (Fsp3) is 0.750. The largest absolute Gasteiger partial charge is 0.382 e. The Balaban J connectivity index is 1.77. The molecule has 0 atom stereocenters. The maximum Gasteiger partial charge on any atom is 0.153 e. The van der Waals surface area contributed by atoms with Crippen molar-refractivity contribution in [2.45, 2.75) is 36.6 Å². The summed E-state index contributed by atoms with van der Waals surface area (Å²) >= 11 is 3.12. The van der Waals surface area contributed by atoms with Crippen LogP contribution in [0.1, 0.15) is 25.7 Å². The van der Waals surface area contributed by atoms with Crippen LogP contribution in [0.4, 0.5) is 10.8 Å². The van der Waals surface area contributed by atoms with Crippen LogP contribution in [-0.4, -0.2) is 41.7 Å². The third kappa shape index (κ3) is 3.30. The van der Waals surface area contributed by atoms with Crippen molar-refractivity contribution in [3.05, 3.63) is 0 Å². The molecule has 0 amide bonds. The number of anilines is 2. The first kappa shape index (κ1) is 14.0. The molecule has 0 aliphatic heterocycles. The van der Waals surface area contributed by atoms with Gasteiger partial charge in [-0.3, -0.25) is 0 Å². The Labute approximate surface area is 117 Å². The van der Waals surface area contributed by atoms with Crippen LogP contribution < -0.4 is 11.1 Å². The van der Waals surface area contributed by atoms with Crippen molar-refractivity contribution in [1.29, 1.82) is 0 Å². The van der Waals surface area contributed by atoms with Crippen LogP contribution in [0.25, 0.3) is 0 Å². The molecule has 1 fully saturated rings. The normalized spacial score (nSPS) is 16.6. The minimum absolute atomic E-state index is 0.652. The molecule has 0 spiro atoms. The Morgan fingerprint density at radius 1 is 1.50 bits per heavy atom. The Kier molecular flexibility index (Phi) is 5.14. The number of nitrogens with two attached hydrogens (primary N) is 1. The van der Waals surface area contributed by atoms with E-state index < -0.39 is 0 Å². The maximum absolute atomic E-state index is 5.81. The minimum Gasteiger partial charge on any atom is -0.382 e. The zero-order valence-electron chi connectivity index (χ0n) is 11.1. The van der Waals surface area contributed by atoms with E-state index in [1.165, 1.54) is 37.2 Å². The van der Waals surface area contributed by atoms with Crippen LogP contribution in [0.3, 0.4) is 0 Å². The van der Waals surface area contributed by atoms with Crippen molar-refractivity contribution < 1.29 is 0 Å². The van der Waals surface area contributed by atoms with E-state index in [-0.39, 0.29) is 0 Å². The summed E-state index contributed by atoms with van der Waals surface area (Å²) < 4.78 is 4.19. The molecule has 1 heterocycles. The summed E-state index contributed by atoms with van der Waals surface area (Å²) in [5.41, 5.74) is 5.81. The van der Waals surface area contributed by atoms with Crippen molar-refractivity contribution in [2.24, 2.45) is 0 Å². The molecular weight excluding hydrogens is 264 g/mol. The second kappa shape index (κ2) is 6.63. The highest BCUT2D eigenvalue weighted by Crippen LogP contribution is 2.34. The van der Waals surface area contributed by atoms with Crippen LogP contribution in [-0.2, 0) is 0 Å². The predicted octanol–water partition coefficient (Wildman–Crippen LogP) is 2.73. The monoisotopic (exact) mass is 286 g/mol. The molecule has 4 nitrogen and oxygen atoms in total. The van der Waals surface area contributed by atoms with Gasteiger partial charge in [0, 0.05) is 19.1 Å². The molecule has 0 aromatic carbocycles. The molecule has 2 rings (SSSR count). The van der Waals surface area contributed by atoms with Gasteiger partial charge in [-0.05, 0) is 37.7 Å². The lowest BCUT2D eigenvalue weighted by molar-refractivity contribution is 0.254. The number of nitrogens with zero attached hydrogens (tertiary/aromatic N) is 2. The summed E-state index contributed by atoms with van der Waals surface area (Å²) in [6.07, 6.45) is 7.55. The van der Waals surface area contributed by atoms with E-state index in [4.69, 9.17) is 5.73 Å². The van der Waals surface area contributed by atoms with E-state index >= 15 is 0 Å². The van der Waals surface area contributed by atoms with Crippen molar-refractivity contribution in [1.82, 2.24) is 9.27 Å². The average molecular weight is 286 g/mol. The van der Waals surface area contributed by atoms with Crippen LogP contribution in [0.5, 0.6) is 0 Å². The highest BCUT2D eigenvalue weighted by molar-refractivity contribution is 7.99. The fourth-order valence-corrected chi connectivity index (χ4v) is 4.04. The first-order chi connectivity index (χ1) is 8.72. The summed E-state index contributed by atoms with van der Waals surface area (Å²) in [6.45, 7) is 2.04. The van der Waals surface area contributed by atoms with Crippen molar-refractivity contribution in [3.8, 4) is 0 Å². The van der Waals surface area contributed by atoms with E-state index in [0.717, 1.165) is 29.0 Å². The topological polar surface area (TPSA) is 54.2 Å². The molecule has 6 heteroatoms. The lowest BCUT2D eigenvalue weighted by Crippen LogP contribution is -2.33. The standard InChI is InChI=1S/C12H22N4S2/c1-16(9-5-3-4-6-9)8-7-14-12-10(17-2)11(13)15-18-12/h9,14H,3-8H2,1-2H3,(H2,13,15). The Morgan fingerprint density at radius 2 is 2.22 bits per heavy atom. The highest BCUT2D eigenvalue weighted by atomic mass is 32.2. The number of rotatable bonds is 6. The first-order valence-corrected chi connectivity index (χ1v) is 8.45. The molecular formula is C12H22N4S2. The molecule has 1 aromatic rings. The molecule has 0 unspecified atom stereocenters. The molecule has 0 bridgehead atoms. The summed E-state index contributed by atoms with van der Waals surface area (Å²) in [5.74, 6) is 0.652. The Bertz CT molecular complexity index is 374. The fourth-order valence-electron chi connectivity index (χ4n) is 2.48. The lowest BCUT2D eigenvalue weighted by atomic mass is 10.2. The number of hydrogen-bond donors (Lipinski definition) is 2. The number of thioether (sulfide) groups is 1. The molecule has 1 aliphatic carbocycles. The van der Waals surface area contributed by atoms with Crippen molar-refractivity contribution >= 4 is 34.1 Å². The highest BCUT2D eigenvalue weighted by Gasteiger charge is 2.19. The van der Waals surface area contributed by atoms with Gasteiger partial charge < -0.3 is 16.0 Å². The van der Waals surface area contributed by atoms with Gasteiger partial charge in [0.1, 0.15) is 5.00 Å². The van der Waals surface area contributed by atoms with Gasteiger partial charge in [0.25, 0.3) is 0 Å². The maximum atomic E-state index is 5.81. The van der Waals surface area contributed by atoms with Crippen molar-refractivity contribution in [2.75, 3.05) is 37.4 Å². The van der Waals surface area contributed by atoms with Gasteiger partial charge in [0.05, 0.1) is 4.90 Å². The zero-order chi connectivity index (χ0) is 13.0. The molecule has 1 saturated carbocycles. The molecule has 3 N–H and O–H groups in total. The van der Waals surface area contributed by atoms with Gasteiger partial charge in [-0.15, -0.1) is 11.8 Å². The van der Waals surface area contributed by atoms with Gasteiger partial charge in [-0.2, -0.15) is 4.37 Å². The number of hydrogen-bond acceptors (Lipinski definition) is 6. The Hall–Kier alpha value is -0.460. The number of aromatic nitrogens is 1. The average Bonchev–Trinajstić information content (AvgIpc) is 2.99. The third-order valence-corrected chi connectivity index (χ3v) is 5.35. The smallest absolute Gasteiger partial charge is 0.153 e. The summed E-state index contributed by atoms with van der Waals surface area (Å²) in [6, 6.07) is 0.790. The van der Waals surface area contributed by atoms with E-state index in [0.29, 0.717) is 5.82 Å². The van der Waals surface area contributed by atoms with Crippen LogP contribution in [0.15, 0.2) is 4.90 Å². The van der Waals surface area contributed by atoms with Crippen LogP contribution in [0.2, 0.25) is 0 Å². The second-order valence-electron chi connectivity index (χ2n) is 4.78. The van der Waals surface area contributed by atoms with Gasteiger partial charge >= 0.3 is 0 Å². The van der Waals surface area contributed by atoms with Gasteiger partial charge in [-0.1, -0.05) is 12.8 Å². The van der Waals surface area contributed by atoms with E-state index in [9.17, 15) is 0 Å². The molecule has 0 radical (unpaired) electrons. The quantitative estimate of drug-likeness (QED) is 0.788. The van der Waals surface area contributed by atoms with E-state index in [2.05, 4.69) is 21.6 Å². The molecule has 1 aliphatic rings. The first-order valence-electron chi connectivity index (χ1n) is 6.45. The minimum atomic E-state index is 0.652. The van der Waals surface area contributed by atoms with Gasteiger partial charge in [-0.25, -0.2) is 0 Å². The molecule has 18 heavy (non-hydrogen) atoms. The third-order valence-electron chi connectivity index (χ3n) is 3.58. The summed E-state index contributed by atoms with van der Waals surface area (Å²) in [7, 11) is 2.23. The van der Waals surface area contributed by atoms with Crippen LogP contribution >= 0.6 is 23.3 Å². The van der Waals surface area contributed by atoms with Gasteiger partial charge in [0.15, 0.2) is 5.82 Å². The van der Waals surface area contributed by atoms with Gasteiger partial charge in [0.2, 0.25) is 0 Å². The van der Waals surface area contributed by atoms with Crippen LogP contribution in [0, 0.1) is 0 Å². The van der Waals surface area contributed by atoms with E-state index in [1.807, 2.05) is 6.26 Å². The van der Waals surface area contributed by atoms with E-state index in [1.54, 1.807) is 11.8 Å². The Morgan fingerprint density at radius 3 is 2.89 bits per heavy atom. The number of nitrogens with one attached hydrogen (secondary N) is 1. The molecule has 102 valence electrons. The summed E-state index contributed by atoms with van der Waals surface area (Å²) in [4.78, 5) is 3.56.